The van der Waals surface area contributed by atoms with Crippen molar-refractivity contribution in [3.8, 4) is 11.5 Å². The van der Waals surface area contributed by atoms with E-state index in [4.69, 9.17) is 15.2 Å². The van der Waals surface area contributed by atoms with Crippen LogP contribution < -0.4 is 20.5 Å². The van der Waals surface area contributed by atoms with Gasteiger partial charge in [-0.1, -0.05) is 20.8 Å². The molecule has 0 aromatic heterocycles. The van der Waals surface area contributed by atoms with Crippen molar-refractivity contribution in [3.63, 3.8) is 0 Å². The van der Waals surface area contributed by atoms with E-state index in [1.165, 1.54) is 7.11 Å². The maximum atomic E-state index is 12.5. The molecule has 0 aliphatic rings. The van der Waals surface area contributed by atoms with Crippen LogP contribution in [0.15, 0.2) is 12.1 Å². The minimum absolute atomic E-state index is 0.189. The summed E-state index contributed by atoms with van der Waals surface area (Å²) in [6.45, 7) is 9.34. The lowest BCUT2D eigenvalue weighted by molar-refractivity contribution is 0.208. The van der Waals surface area contributed by atoms with Crippen molar-refractivity contribution in [3.05, 3.63) is 17.7 Å². The Hall–Kier alpha value is -1.48. The molecule has 0 bridgehead atoms. The van der Waals surface area contributed by atoms with E-state index in [9.17, 15) is 9.36 Å². The highest BCUT2D eigenvalue weighted by Gasteiger charge is 2.26. The largest absolute Gasteiger partial charge is 0.492 e. The molecule has 112 valence electrons. The Labute approximate surface area is 119 Å². The molecule has 0 fully saturated rings. The fourth-order valence-electron chi connectivity index (χ4n) is 1.81. The third-order valence-electron chi connectivity index (χ3n) is 2.90. The van der Waals surface area contributed by atoms with Gasteiger partial charge in [-0.05, 0) is 36.4 Å². The average molecular weight is 299 g/mol. The zero-order valence-electron chi connectivity index (χ0n) is 12.8. The number of carbonyl (C=O) groups excluding carboxylic acids is 1. The molecule has 0 unspecified atom stereocenters. The molecule has 1 rings (SSSR count). The maximum Gasteiger partial charge on any atom is 0.410 e. The topological polar surface area (TPSA) is 78.6 Å². The number of methoxy groups -OCH3 is 1. The summed E-state index contributed by atoms with van der Waals surface area (Å²) in [6, 6.07) is 3.54. The smallest absolute Gasteiger partial charge is 0.410 e. The Morgan fingerprint density at radius 1 is 1.25 bits per heavy atom. The lowest BCUT2D eigenvalue weighted by Crippen LogP contribution is -2.21. The van der Waals surface area contributed by atoms with Crippen LogP contribution in [0.4, 0.5) is 4.79 Å². The summed E-state index contributed by atoms with van der Waals surface area (Å²) in [5.74, 6) is 0.497. The molecule has 0 atom stereocenters. The SMILES string of the molecule is COc1c(OC(N)=O)cc(C(C)(C)C)cc1P(C)(C)=O. The fourth-order valence-corrected chi connectivity index (χ4v) is 2.95. The molecule has 0 aliphatic heterocycles. The van der Waals surface area contributed by atoms with Gasteiger partial charge in [-0.3, -0.25) is 0 Å². The Morgan fingerprint density at radius 2 is 1.80 bits per heavy atom. The molecular formula is C14H22NO4P. The van der Waals surface area contributed by atoms with E-state index < -0.39 is 13.2 Å². The predicted octanol–water partition coefficient (Wildman–Crippen LogP) is 2.70. The molecule has 0 radical (unpaired) electrons. The summed E-state index contributed by atoms with van der Waals surface area (Å²) in [4.78, 5) is 11.0. The van der Waals surface area contributed by atoms with Gasteiger partial charge in [-0.2, -0.15) is 0 Å². The van der Waals surface area contributed by atoms with Gasteiger partial charge in [0.1, 0.15) is 7.14 Å². The molecule has 0 spiro atoms. The zero-order chi connectivity index (χ0) is 15.7. The second-order valence-corrected chi connectivity index (χ2v) is 9.23. The molecule has 0 aliphatic carbocycles. The van der Waals surface area contributed by atoms with Crippen molar-refractivity contribution >= 4 is 18.5 Å². The van der Waals surface area contributed by atoms with Crippen molar-refractivity contribution in [1.29, 1.82) is 0 Å². The van der Waals surface area contributed by atoms with Crippen molar-refractivity contribution < 1.29 is 18.8 Å². The van der Waals surface area contributed by atoms with Crippen LogP contribution in [0.1, 0.15) is 26.3 Å². The highest BCUT2D eigenvalue weighted by atomic mass is 31.2. The van der Waals surface area contributed by atoms with Gasteiger partial charge in [0.15, 0.2) is 11.5 Å². The zero-order valence-corrected chi connectivity index (χ0v) is 13.7. The number of carbonyl (C=O) groups is 1. The summed E-state index contributed by atoms with van der Waals surface area (Å²) >= 11 is 0. The van der Waals surface area contributed by atoms with E-state index in [-0.39, 0.29) is 11.2 Å². The normalized spacial score (nSPS) is 12.1. The highest BCUT2D eigenvalue weighted by Crippen LogP contribution is 2.44. The van der Waals surface area contributed by atoms with Crippen LogP contribution in [-0.2, 0) is 9.98 Å². The first-order valence-corrected chi connectivity index (χ1v) is 8.82. The molecule has 2 N–H and O–H groups in total. The molecule has 1 amide bonds. The number of ether oxygens (including phenoxy) is 2. The summed E-state index contributed by atoms with van der Waals surface area (Å²) in [7, 11) is -1.15. The van der Waals surface area contributed by atoms with Crippen molar-refractivity contribution in [2.45, 2.75) is 26.2 Å². The lowest BCUT2D eigenvalue weighted by Gasteiger charge is -2.24. The molecule has 0 heterocycles. The molecule has 0 saturated heterocycles. The molecule has 1 aromatic rings. The van der Waals surface area contributed by atoms with E-state index in [0.29, 0.717) is 11.1 Å². The van der Waals surface area contributed by atoms with Gasteiger partial charge in [0.05, 0.1) is 12.4 Å². The van der Waals surface area contributed by atoms with Crippen LogP contribution in [0.2, 0.25) is 0 Å². The van der Waals surface area contributed by atoms with Gasteiger partial charge in [0, 0.05) is 0 Å². The summed E-state index contributed by atoms with van der Waals surface area (Å²) in [6.07, 6.45) is -0.928. The highest BCUT2D eigenvalue weighted by molar-refractivity contribution is 7.70. The first-order chi connectivity index (χ1) is 8.96. The summed E-state index contributed by atoms with van der Waals surface area (Å²) in [5, 5.41) is 0.545. The van der Waals surface area contributed by atoms with Gasteiger partial charge >= 0.3 is 6.09 Å². The molecule has 5 nitrogen and oxygen atoms in total. The van der Waals surface area contributed by atoms with Crippen LogP contribution >= 0.6 is 7.14 Å². The van der Waals surface area contributed by atoms with E-state index in [1.807, 2.05) is 26.8 Å². The van der Waals surface area contributed by atoms with Crippen LogP contribution in [0, 0.1) is 0 Å². The van der Waals surface area contributed by atoms with E-state index in [1.54, 1.807) is 19.4 Å². The second kappa shape index (κ2) is 5.49. The lowest BCUT2D eigenvalue weighted by atomic mass is 9.87. The van der Waals surface area contributed by atoms with Gasteiger partial charge in [-0.25, -0.2) is 4.79 Å². The van der Waals surface area contributed by atoms with Crippen molar-refractivity contribution in [2.75, 3.05) is 20.4 Å². The van der Waals surface area contributed by atoms with Gasteiger partial charge in [0.25, 0.3) is 0 Å². The Bertz CT molecular complexity index is 569. The Morgan fingerprint density at radius 3 is 2.15 bits per heavy atom. The third-order valence-corrected chi connectivity index (χ3v) is 4.39. The molecular weight excluding hydrogens is 277 g/mol. The Balaban J connectivity index is 3.65. The average Bonchev–Trinajstić information content (AvgIpc) is 2.24. The van der Waals surface area contributed by atoms with Crippen LogP contribution in [-0.4, -0.2) is 26.5 Å². The summed E-state index contributed by atoms with van der Waals surface area (Å²) in [5.41, 5.74) is 5.79. The predicted molar refractivity (Wildman–Crippen MR) is 81.0 cm³/mol. The van der Waals surface area contributed by atoms with Gasteiger partial charge in [0.2, 0.25) is 0 Å². The van der Waals surface area contributed by atoms with Crippen molar-refractivity contribution in [2.24, 2.45) is 5.73 Å². The number of nitrogens with two attached hydrogens (primary N) is 1. The van der Waals surface area contributed by atoms with Gasteiger partial charge < -0.3 is 19.8 Å². The van der Waals surface area contributed by atoms with Crippen LogP contribution in [0.5, 0.6) is 11.5 Å². The number of amides is 1. The second-order valence-electron chi connectivity index (χ2n) is 6.05. The minimum Gasteiger partial charge on any atom is -0.492 e. The molecule has 6 heteroatoms. The van der Waals surface area contributed by atoms with E-state index in [0.717, 1.165) is 5.56 Å². The maximum absolute atomic E-state index is 12.5. The first-order valence-electron chi connectivity index (χ1n) is 6.22. The van der Waals surface area contributed by atoms with E-state index >= 15 is 0 Å². The molecule has 20 heavy (non-hydrogen) atoms. The molecule has 0 saturated carbocycles. The number of hydrogen-bond acceptors (Lipinski definition) is 4. The number of hydrogen-bond donors (Lipinski definition) is 1. The standard InChI is InChI=1S/C14H22NO4P/c1-14(2,3)9-7-10(19-13(15)16)12(18-4)11(8-9)20(5,6)17/h7-8H,1-6H3,(H2,15,16). The van der Waals surface area contributed by atoms with Crippen molar-refractivity contribution in [1.82, 2.24) is 0 Å². The number of rotatable bonds is 3. The number of benzene rings is 1. The Kier molecular flexibility index (Phi) is 4.55. The quantitative estimate of drug-likeness (QED) is 0.870. The van der Waals surface area contributed by atoms with Gasteiger partial charge in [-0.15, -0.1) is 0 Å². The van der Waals surface area contributed by atoms with Crippen LogP contribution in [0.25, 0.3) is 0 Å². The number of primary amides is 1. The summed E-state index contributed by atoms with van der Waals surface area (Å²) < 4.78 is 22.7. The van der Waals surface area contributed by atoms with Crippen LogP contribution in [0.3, 0.4) is 0 Å². The fraction of sp³-hybridized carbons (Fsp3) is 0.500. The first kappa shape index (κ1) is 16.6. The monoisotopic (exact) mass is 299 g/mol. The molecule has 1 aromatic carbocycles. The third kappa shape index (κ3) is 3.76. The minimum atomic E-state index is -2.60. The van der Waals surface area contributed by atoms with E-state index in [2.05, 4.69) is 0 Å².